The van der Waals surface area contributed by atoms with Crippen molar-refractivity contribution in [3.63, 3.8) is 0 Å². The van der Waals surface area contributed by atoms with E-state index in [9.17, 15) is 0 Å². The molecule has 0 atom stereocenters. The second kappa shape index (κ2) is 7.61. The van der Waals surface area contributed by atoms with Gasteiger partial charge in [0.1, 0.15) is 0 Å². The molecule has 0 fully saturated rings. The molecule has 1 aliphatic heterocycles. The number of fused-ring (bicyclic) bond motifs is 2. The van der Waals surface area contributed by atoms with E-state index in [4.69, 9.17) is 10.2 Å². The first-order chi connectivity index (χ1) is 9.29. The SMILES string of the molecule is Cc1c2c(nc3ccccc13)CCN(CC#N)CC2.Cl.Cl. The number of hydrogen-bond donors (Lipinski definition) is 0. The highest BCUT2D eigenvalue weighted by Crippen LogP contribution is 2.25. The van der Waals surface area contributed by atoms with Gasteiger partial charge in [0, 0.05) is 30.6 Å². The van der Waals surface area contributed by atoms with Crippen LogP contribution in [0.5, 0.6) is 0 Å². The largest absolute Gasteiger partial charge is 0.290 e. The Labute approximate surface area is 137 Å². The Hall–Kier alpha value is -1.34. The summed E-state index contributed by atoms with van der Waals surface area (Å²) in [5.74, 6) is 0. The lowest BCUT2D eigenvalue weighted by molar-refractivity contribution is 0.321. The summed E-state index contributed by atoms with van der Waals surface area (Å²) in [6.45, 7) is 4.61. The Bertz CT molecular complexity index is 664. The molecule has 0 aliphatic carbocycles. The molecule has 0 N–H and O–H groups in total. The van der Waals surface area contributed by atoms with Crippen molar-refractivity contribution in [3.8, 4) is 6.07 Å². The molecule has 2 heterocycles. The van der Waals surface area contributed by atoms with Gasteiger partial charge >= 0.3 is 0 Å². The number of nitriles is 1. The van der Waals surface area contributed by atoms with Crippen LogP contribution in [0, 0.1) is 18.3 Å². The molecule has 0 saturated heterocycles. The number of rotatable bonds is 1. The normalized spacial score (nSPS) is 14.3. The lowest BCUT2D eigenvalue weighted by Gasteiger charge is -2.14. The van der Waals surface area contributed by atoms with E-state index in [2.05, 4.69) is 36.1 Å². The molecular weight excluding hydrogens is 305 g/mol. The standard InChI is InChI=1S/C16H17N3.2ClH/c1-12-13-4-2-3-5-15(13)18-16-7-10-19(11-8-17)9-6-14(12)16;;/h2-5H,6-7,9-11H2,1H3;2*1H. The van der Waals surface area contributed by atoms with Gasteiger partial charge in [-0.3, -0.25) is 9.88 Å². The van der Waals surface area contributed by atoms with E-state index in [1.54, 1.807) is 0 Å². The fourth-order valence-electron chi connectivity index (χ4n) is 2.92. The van der Waals surface area contributed by atoms with Gasteiger partial charge in [0.2, 0.25) is 0 Å². The molecule has 0 unspecified atom stereocenters. The smallest absolute Gasteiger partial charge is 0.0866 e. The van der Waals surface area contributed by atoms with E-state index < -0.39 is 0 Å². The molecule has 1 aromatic carbocycles. The van der Waals surface area contributed by atoms with Gasteiger partial charge in [0.05, 0.1) is 18.1 Å². The number of para-hydroxylation sites is 1. The molecule has 0 bridgehead atoms. The molecule has 3 nitrogen and oxygen atoms in total. The molecule has 1 aliphatic rings. The van der Waals surface area contributed by atoms with Crippen molar-refractivity contribution in [2.75, 3.05) is 19.6 Å². The van der Waals surface area contributed by atoms with Crippen molar-refractivity contribution >= 4 is 35.7 Å². The Morgan fingerprint density at radius 3 is 2.67 bits per heavy atom. The van der Waals surface area contributed by atoms with Crippen LogP contribution < -0.4 is 0 Å². The number of nitrogens with zero attached hydrogens (tertiary/aromatic N) is 3. The number of halogens is 2. The van der Waals surface area contributed by atoms with Gasteiger partial charge in [-0.15, -0.1) is 24.8 Å². The van der Waals surface area contributed by atoms with Crippen LogP contribution in [-0.2, 0) is 12.8 Å². The number of hydrogen-bond acceptors (Lipinski definition) is 3. The predicted octanol–water partition coefficient (Wildman–Crippen LogP) is 3.31. The monoisotopic (exact) mass is 323 g/mol. The number of aromatic nitrogens is 1. The van der Waals surface area contributed by atoms with Gasteiger partial charge in [-0.2, -0.15) is 5.26 Å². The van der Waals surface area contributed by atoms with Crippen LogP contribution in [0.25, 0.3) is 10.9 Å². The average Bonchev–Trinajstić information content (AvgIpc) is 2.63. The minimum absolute atomic E-state index is 0. The lowest BCUT2D eigenvalue weighted by atomic mass is 9.99. The van der Waals surface area contributed by atoms with Crippen LogP contribution in [0.1, 0.15) is 16.8 Å². The van der Waals surface area contributed by atoms with E-state index in [-0.39, 0.29) is 24.8 Å². The highest BCUT2D eigenvalue weighted by Gasteiger charge is 2.17. The van der Waals surface area contributed by atoms with Gasteiger partial charge in [0.25, 0.3) is 0 Å². The third kappa shape index (κ3) is 3.47. The first-order valence-corrected chi connectivity index (χ1v) is 6.76. The van der Waals surface area contributed by atoms with E-state index in [1.165, 1.54) is 22.2 Å². The number of benzene rings is 1. The molecule has 0 radical (unpaired) electrons. The van der Waals surface area contributed by atoms with Crippen molar-refractivity contribution in [1.29, 1.82) is 5.26 Å². The summed E-state index contributed by atoms with van der Waals surface area (Å²) < 4.78 is 0. The van der Waals surface area contributed by atoms with Crippen molar-refractivity contribution in [2.24, 2.45) is 0 Å². The molecule has 112 valence electrons. The van der Waals surface area contributed by atoms with Gasteiger partial charge in [-0.1, -0.05) is 18.2 Å². The van der Waals surface area contributed by atoms with Crippen molar-refractivity contribution in [3.05, 3.63) is 41.1 Å². The Morgan fingerprint density at radius 2 is 1.90 bits per heavy atom. The molecular formula is C16H19Cl2N3. The molecule has 0 amide bonds. The highest BCUT2D eigenvalue weighted by molar-refractivity contribution is 5.85. The first kappa shape index (κ1) is 17.7. The van der Waals surface area contributed by atoms with E-state index in [1.807, 2.05) is 6.07 Å². The Kier molecular flexibility index (Phi) is 6.42. The molecule has 21 heavy (non-hydrogen) atoms. The molecule has 0 spiro atoms. The molecule has 3 rings (SSSR count). The summed E-state index contributed by atoms with van der Waals surface area (Å²) in [6, 6.07) is 10.6. The summed E-state index contributed by atoms with van der Waals surface area (Å²) >= 11 is 0. The van der Waals surface area contributed by atoms with Gasteiger partial charge in [0.15, 0.2) is 0 Å². The highest BCUT2D eigenvalue weighted by atomic mass is 35.5. The van der Waals surface area contributed by atoms with Crippen LogP contribution in [0.15, 0.2) is 24.3 Å². The summed E-state index contributed by atoms with van der Waals surface area (Å²) in [7, 11) is 0. The fraction of sp³-hybridized carbons (Fsp3) is 0.375. The van der Waals surface area contributed by atoms with Gasteiger partial charge < -0.3 is 0 Å². The minimum atomic E-state index is 0. The van der Waals surface area contributed by atoms with Crippen LogP contribution in [-0.4, -0.2) is 29.5 Å². The molecule has 1 aromatic heterocycles. The van der Waals surface area contributed by atoms with E-state index >= 15 is 0 Å². The first-order valence-electron chi connectivity index (χ1n) is 6.76. The Morgan fingerprint density at radius 1 is 1.19 bits per heavy atom. The minimum Gasteiger partial charge on any atom is -0.290 e. The number of pyridine rings is 1. The summed E-state index contributed by atoms with van der Waals surface area (Å²) in [4.78, 5) is 7.04. The zero-order valence-electron chi connectivity index (χ0n) is 12.0. The van der Waals surface area contributed by atoms with Crippen molar-refractivity contribution < 1.29 is 0 Å². The fourth-order valence-corrected chi connectivity index (χ4v) is 2.92. The summed E-state index contributed by atoms with van der Waals surface area (Å²) in [5, 5.41) is 10.1. The van der Waals surface area contributed by atoms with E-state index in [0.717, 1.165) is 31.4 Å². The van der Waals surface area contributed by atoms with Crippen LogP contribution in [0.2, 0.25) is 0 Å². The van der Waals surface area contributed by atoms with Gasteiger partial charge in [-0.05, 0) is 30.5 Å². The van der Waals surface area contributed by atoms with Crippen LogP contribution >= 0.6 is 24.8 Å². The zero-order chi connectivity index (χ0) is 13.2. The molecule has 0 saturated carbocycles. The van der Waals surface area contributed by atoms with Gasteiger partial charge in [-0.25, -0.2) is 0 Å². The third-order valence-electron chi connectivity index (χ3n) is 4.00. The third-order valence-corrected chi connectivity index (χ3v) is 4.00. The van der Waals surface area contributed by atoms with Crippen LogP contribution in [0.4, 0.5) is 0 Å². The second-order valence-corrected chi connectivity index (χ2v) is 5.11. The second-order valence-electron chi connectivity index (χ2n) is 5.11. The summed E-state index contributed by atoms with van der Waals surface area (Å²) in [6.07, 6.45) is 1.95. The quantitative estimate of drug-likeness (QED) is 0.756. The maximum Gasteiger partial charge on any atom is 0.0866 e. The molecule has 5 heteroatoms. The maximum atomic E-state index is 8.83. The topological polar surface area (TPSA) is 39.9 Å². The van der Waals surface area contributed by atoms with Crippen molar-refractivity contribution in [2.45, 2.75) is 19.8 Å². The Balaban J connectivity index is 0.00000110. The maximum absolute atomic E-state index is 8.83. The summed E-state index contributed by atoms with van der Waals surface area (Å²) in [5.41, 5.74) is 5.06. The molecule has 2 aromatic rings. The number of aryl methyl sites for hydroxylation is 1. The van der Waals surface area contributed by atoms with E-state index in [0.29, 0.717) is 6.54 Å². The average molecular weight is 324 g/mol. The predicted molar refractivity (Wildman–Crippen MR) is 90.4 cm³/mol. The van der Waals surface area contributed by atoms with Crippen LogP contribution in [0.3, 0.4) is 0 Å². The van der Waals surface area contributed by atoms with Crippen molar-refractivity contribution in [1.82, 2.24) is 9.88 Å². The zero-order valence-corrected chi connectivity index (χ0v) is 13.6. The lowest BCUT2D eigenvalue weighted by Crippen LogP contribution is -2.26.